The van der Waals surface area contributed by atoms with Crippen LogP contribution >= 0.6 is 0 Å². The molecule has 0 heterocycles. The van der Waals surface area contributed by atoms with Crippen LogP contribution in [-0.2, 0) is 16.1 Å². The van der Waals surface area contributed by atoms with Gasteiger partial charge in [0.05, 0.1) is 6.42 Å². The average Bonchev–Trinajstić information content (AvgIpc) is 2.35. The van der Waals surface area contributed by atoms with E-state index < -0.39 is 5.97 Å². The summed E-state index contributed by atoms with van der Waals surface area (Å²) in [6.45, 7) is 6.37. The molecule has 0 aliphatic rings. The standard InChI is InChI=1S/C15H21NO3/c1-11(2)15(19)16(9-8-14(17)18)10-13-6-4-12(3)5-7-13/h4-7,11H,8-10H2,1-3H3,(H,17,18). The zero-order valence-corrected chi connectivity index (χ0v) is 11.7. The lowest BCUT2D eigenvalue weighted by molar-refractivity contribution is -0.139. The van der Waals surface area contributed by atoms with Crippen LogP contribution in [0.5, 0.6) is 0 Å². The molecular formula is C15H21NO3. The van der Waals surface area contributed by atoms with Crippen molar-refractivity contribution in [2.75, 3.05) is 6.54 Å². The van der Waals surface area contributed by atoms with Crippen molar-refractivity contribution in [3.63, 3.8) is 0 Å². The van der Waals surface area contributed by atoms with E-state index in [-0.39, 0.29) is 24.8 Å². The van der Waals surface area contributed by atoms with Crippen molar-refractivity contribution < 1.29 is 14.7 Å². The number of carbonyl (C=O) groups excluding carboxylic acids is 1. The summed E-state index contributed by atoms with van der Waals surface area (Å²) in [4.78, 5) is 24.3. The van der Waals surface area contributed by atoms with Gasteiger partial charge in [0.1, 0.15) is 0 Å². The van der Waals surface area contributed by atoms with E-state index in [4.69, 9.17) is 5.11 Å². The van der Waals surface area contributed by atoms with Gasteiger partial charge in [0, 0.05) is 19.0 Å². The van der Waals surface area contributed by atoms with Crippen molar-refractivity contribution in [1.29, 1.82) is 0 Å². The van der Waals surface area contributed by atoms with E-state index in [0.717, 1.165) is 11.1 Å². The summed E-state index contributed by atoms with van der Waals surface area (Å²) >= 11 is 0. The highest BCUT2D eigenvalue weighted by molar-refractivity contribution is 5.78. The molecule has 0 aromatic heterocycles. The first-order valence-electron chi connectivity index (χ1n) is 6.46. The Bertz CT molecular complexity index is 437. The van der Waals surface area contributed by atoms with Crippen molar-refractivity contribution in [3.05, 3.63) is 35.4 Å². The van der Waals surface area contributed by atoms with E-state index >= 15 is 0 Å². The molecule has 1 N–H and O–H groups in total. The van der Waals surface area contributed by atoms with Gasteiger partial charge in [-0.15, -0.1) is 0 Å². The molecule has 0 aliphatic carbocycles. The monoisotopic (exact) mass is 263 g/mol. The lowest BCUT2D eigenvalue weighted by Crippen LogP contribution is -2.35. The number of benzene rings is 1. The quantitative estimate of drug-likeness (QED) is 0.857. The predicted octanol–water partition coefficient (Wildman–Crippen LogP) is 2.45. The Balaban J connectivity index is 2.75. The molecule has 4 nitrogen and oxygen atoms in total. The molecular weight excluding hydrogens is 242 g/mol. The van der Waals surface area contributed by atoms with Crippen LogP contribution in [0.4, 0.5) is 0 Å². The fourth-order valence-corrected chi connectivity index (χ4v) is 1.78. The molecule has 0 bridgehead atoms. The minimum atomic E-state index is -0.884. The normalized spacial score (nSPS) is 10.5. The van der Waals surface area contributed by atoms with Gasteiger partial charge in [-0.1, -0.05) is 43.7 Å². The minimum absolute atomic E-state index is 0.0122. The first-order chi connectivity index (χ1) is 8.90. The van der Waals surface area contributed by atoms with Crippen LogP contribution in [0.2, 0.25) is 0 Å². The van der Waals surface area contributed by atoms with Crippen molar-refractivity contribution in [1.82, 2.24) is 4.90 Å². The number of nitrogens with zero attached hydrogens (tertiary/aromatic N) is 1. The highest BCUT2D eigenvalue weighted by Gasteiger charge is 2.18. The molecule has 19 heavy (non-hydrogen) atoms. The van der Waals surface area contributed by atoms with Gasteiger partial charge in [0.15, 0.2) is 0 Å². The maximum Gasteiger partial charge on any atom is 0.305 e. The van der Waals surface area contributed by atoms with Crippen LogP contribution in [0.15, 0.2) is 24.3 Å². The number of amides is 1. The Morgan fingerprint density at radius 1 is 1.21 bits per heavy atom. The average molecular weight is 263 g/mol. The molecule has 104 valence electrons. The van der Waals surface area contributed by atoms with Crippen LogP contribution in [-0.4, -0.2) is 28.4 Å². The molecule has 1 amide bonds. The SMILES string of the molecule is Cc1ccc(CN(CCC(=O)O)C(=O)C(C)C)cc1. The van der Waals surface area contributed by atoms with E-state index in [0.29, 0.717) is 6.54 Å². The van der Waals surface area contributed by atoms with Crippen molar-refractivity contribution in [2.45, 2.75) is 33.7 Å². The first-order valence-corrected chi connectivity index (χ1v) is 6.46. The number of carboxylic acid groups (broad SMARTS) is 1. The van der Waals surface area contributed by atoms with Gasteiger partial charge >= 0.3 is 5.97 Å². The second-order valence-electron chi connectivity index (χ2n) is 5.04. The number of hydrogen-bond donors (Lipinski definition) is 1. The molecule has 0 aliphatic heterocycles. The third kappa shape index (κ3) is 5.12. The fraction of sp³-hybridized carbons (Fsp3) is 0.467. The van der Waals surface area contributed by atoms with Crippen LogP contribution in [0.25, 0.3) is 0 Å². The Morgan fingerprint density at radius 2 is 1.79 bits per heavy atom. The van der Waals surface area contributed by atoms with E-state index in [9.17, 15) is 9.59 Å². The summed E-state index contributed by atoms with van der Waals surface area (Å²) in [7, 11) is 0. The number of hydrogen-bond acceptors (Lipinski definition) is 2. The second-order valence-corrected chi connectivity index (χ2v) is 5.04. The van der Waals surface area contributed by atoms with Gasteiger partial charge in [-0.25, -0.2) is 0 Å². The minimum Gasteiger partial charge on any atom is -0.481 e. The van der Waals surface area contributed by atoms with E-state index in [1.54, 1.807) is 4.90 Å². The molecule has 1 aromatic rings. The molecule has 1 aromatic carbocycles. The second kappa shape index (κ2) is 6.92. The largest absolute Gasteiger partial charge is 0.481 e. The van der Waals surface area contributed by atoms with E-state index in [1.807, 2.05) is 45.0 Å². The topological polar surface area (TPSA) is 57.6 Å². The first kappa shape index (κ1) is 15.2. The Hall–Kier alpha value is -1.84. The van der Waals surface area contributed by atoms with Gasteiger partial charge in [-0.05, 0) is 12.5 Å². The summed E-state index contributed by atoms with van der Waals surface area (Å²) in [6, 6.07) is 7.92. The molecule has 0 saturated carbocycles. The zero-order valence-electron chi connectivity index (χ0n) is 11.7. The Kier molecular flexibility index (Phi) is 5.55. The fourth-order valence-electron chi connectivity index (χ4n) is 1.78. The maximum absolute atomic E-state index is 12.1. The van der Waals surface area contributed by atoms with Crippen molar-refractivity contribution >= 4 is 11.9 Å². The molecule has 1 rings (SSSR count). The van der Waals surface area contributed by atoms with E-state index in [1.165, 1.54) is 0 Å². The smallest absolute Gasteiger partial charge is 0.305 e. The van der Waals surface area contributed by atoms with Gasteiger partial charge in [0.25, 0.3) is 0 Å². The van der Waals surface area contributed by atoms with Crippen LogP contribution < -0.4 is 0 Å². The summed E-state index contributed by atoms with van der Waals surface area (Å²) in [5.41, 5.74) is 2.18. The molecule has 4 heteroatoms. The summed E-state index contributed by atoms with van der Waals surface area (Å²) < 4.78 is 0. The van der Waals surface area contributed by atoms with E-state index in [2.05, 4.69) is 0 Å². The van der Waals surface area contributed by atoms with Crippen LogP contribution in [0.3, 0.4) is 0 Å². The highest BCUT2D eigenvalue weighted by atomic mass is 16.4. The summed E-state index contributed by atoms with van der Waals surface area (Å²) in [6.07, 6.45) is -0.0235. The van der Waals surface area contributed by atoms with Crippen molar-refractivity contribution in [3.8, 4) is 0 Å². The zero-order chi connectivity index (χ0) is 14.4. The third-order valence-electron chi connectivity index (χ3n) is 2.90. The molecule has 0 radical (unpaired) electrons. The maximum atomic E-state index is 12.1. The molecule has 0 spiro atoms. The van der Waals surface area contributed by atoms with Gasteiger partial charge in [0.2, 0.25) is 5.91 Å². The third-order valence-corrected chi connectivity index (χ3v) is 2.90. The number of carbonyl (C=O) groups is 2. The van der Waals surface area contributed by atoms with Gasteiger partial charge < -0.3 is 10.0 Å². The predicted molar refractivity (Wildman–Crippen MR) is 73.7 cm³/mol. The Labute approximate surface area is 114 Å². The highest BCUT2D eigenvalue weighted by Crippen LogP contribution is 2.11. The number of aryl methyl sites for hydroxylation is 1. The van der Waals surface area contributed by atoms with Crippen LogP contribution in [0, 0.1) is 12.8 Å². The summed E-state index contributed by atoms with van der Waals surface area (Å²) in [5, 5.41) is 8.75. The van der Waals surface area contributed by atoms with Gasteiger partial charge in [-0.2, -0.15) is 0 Å². The van der Waals surface area contributed by atoms with Crippen LogP contribution in [0.1, 0.15) is 31.4 Å². The summed E-state index contributed by atoms with van der Waals surface area (Å²) in [5.74, 6) is -1.02. The molecule has 0 fully saturated rings. The number of rotatable bonds is 6. The molecule has 0 atom stereocenters. The molecule has 0 saturated heterocycles. The lowest BCUT2D eigenvalue weighted by atomic mass is 10.1. The van der Waals surface area contributed by atoms with Crippen molar-refractivity contribution in [2.24, 2.45) is 5.92 Å². The number of aliphatic carboxylic acids is 1. The number of carboxylic acids is 1. The van der Waals surface area contributed by atoms with Gasteiger partial charge in [-0.3, -0.25) is 9.59 Å². The lowest BCUT2D eigenvalue weighted by Gasteiger charge is -2.24. The molecule has 0 unspecified atom stereocenters. The Morgan fingerprint density at radius 3 is 2.26 bits per heavy atom.